The summed E-state index contributed by atoms with van der Waals surface area (Å²) in [6.07, 6.45) is 1.05. The number of nitrogens with zero attached hydrogens (tertiary/aromatic N) is 2. The number of nitrogens with one attached hydrogen (secondary N) is 1. The van der Waals surface area contributed by atoms with E-state index in [1.165, 1.54) is 28.9 Å². The highest BCUT2D eigenvalue weighted by Crippen LogP contribution is 2.26. The van der Waals surface area contributed by atoms with E-state index < -0.39 is 10.0 Å². The van der Waals surface area contributed by atoms with Gasteiger partial charge in [0.25, 0.3) is 5.91 Å². The number of hydrogen-bond acceptors (Lipinski definition) is 4. The van der Waals surface area contributed by atoms with Crippen molar-refractivity contribution < 1.29 is 13.2 Å². The molecule has 0 aromatic heterocycles. The minimum absolute atomic E-state index is 0.228. The average Bonchev–Trinajstić information content (AvgIpc) is 2.64. The van der Waals surface area contributed by atoms with Gasteiger partial charge in [0.15, 0.2) is 0 Å². The van der Waals surface area contributed by atoms with Crippen molar-refractivity contribution in [2.24, 2.45) is 0 Å². The fourth-order valence-electron chi connectivity index (χ4n) is 3.38. The molecular formula is C20H24ClN3O3S. The molecule has 1 heterocycles. The second-order valence-corrected chi connectivity index (χ2v) is 9.25. The van der Waals surface area contributed by atoms with Crippen molar-refractivity contribution in [3.05, 3.63) is 58.1 Å². The summed E-state index contributed by atoms with van der Waals surface area (Å²) in [6.45, 7) is 6.73. The number of sulfonamides is 1. The summed E-state index contributed by atoms with van der Waals surface area (Å²) in [5.74, 6) is -0.228. The fourth-order valence-corrected chi connectivity index (χ4v) is 4.13. The molecule has 8 heteroatoms. The fraction of sp³-hybridized carbons (Fsp3) is 0.350. The van der Waals surface area contributed by atoms with Crippen molar-refractivity contribution in [1.29, 1.82) is 0 Å². The van der Waals surface area contributed by atoms with Crippen molar-refractivity contribution in [3.63, 3.8) is 0 Å². The Hall–Kier alpha value is -2.25. The van der Waals surface area contributed by atoms with Crippen molar-refractivity contribution in [1.82, 2.24) is 4.90 Å². The second-order valence-electron chi connectivity index (χ2n) is 7.06. The third-order valence-corrected chi connectivity index (χ3v) is 5.82. The van der Waals surface area contributed by atoms with E-state index in [-0.39, 0.29) is 17.2 Å². The van der Waals surface area contributed by atoms with Crippen LogP contribution in [0.2, 0.25) is 5.02 Å². The lowest BCUT2D eigenvalue weighted by Crippen LogP contribution is -2.49. The highest BCUT2D eigenvalue weighted by molar-refractivity contribution is 7.92. The molecule has 0 atom stereocenters. The molecule has 0 aliphatic carbocycles. The van der Waals surface area contributed by atoms with Gasteiger partial charge in [-0.25, -0.2) is 8.42 Å². The molecular weight excluding hydrogens is 398 g/mol. The van der Waals surface area contributed by atoms with E-state index in [4.69, 9.17) is 11.6 Å². The zero-order chi connectivity index (χ0) is 20.5. The van der Waals surface area contributed by atoms with Crippen LogP contribution in [0.5, 0.6) is 0 Å². The van der Waals surface area contributed by atoms with Crippen LogP contribution >= 0.6 is 11.6 Å². The molecule has 1 aliphatic heterocycles. The number of hydrogen-bond donors (Lipinski definition) is 1. The number of piperazine rings is 1. The van der Waals surface area contributed by atoms with Crippen LogP contribution < -0.4 is 9.62 Å². The second kappa shape index (κ2) is 8.01. The molecule has 0 unspecified atom stereocenters. The first-order valence-corrected chi connectivity index (χ1v) is 11.3. The molecule has 1 amide bonds. The lowest BCUT2D eigenvalue weighted by Gasteiger charge is -2.37. The van der Waals surface area contributed by atoms with Gasteiger partial charge in [-0.2, -0.15) is 0 Å². The molecule has 2 aromatic rings. The summed E-state index contributed by atoms with van der Waals surface area (Å²) in [4.78, 5) is 17.1. The van der Waals surface area contributed by atoms with Gasteiger partial charge in [0.05, 0.1) is 17.5 Å². The Morgan fingerprint density at radius 1 is 1.07 bits per heavy atom. The summed E-state index contributed by atoms with van der Waals surface area (Å²) >= 11 is 6.05. The zero-order valence-electron chi connectivity index (χ0n) is 16.2. The van der Waals surface area contributed by atoms with Gasteiger partial charge in [-0.15, -0.1) is 0 Å². The van der Waals surface area contributed by atoms with Gasteiger partial charge in [-0.3, -0.25) is 9.52 Å². The number of carbonyl (C=O) groups excluding carboxylic acids is 1. The van der Waals surface area contributed by atoms with Gasteiger partial charge in [-0.05, 0) is 49.2 Å². The molecule has 1 saturated heterocycles. The summed E-state index contributed by atoms with van der Waals surface area (Å²) in [7, 11) is -3.50. The third kappa shape index (κ3) is 4.59. The Kier molecular flexibility index (Phi) is 5.86. The number of anilines is 2. The van der Waals surface area contributed by atoms with Gasteiger partial charge < -0.3 is 9.80 Å². The first-order valence-electron chi connectivity index (χ1n) is 9.03. The lowest BCUT2D eigenvalue weighted by atomic mass is 10.1. The lowest BCUT2D eigenvalue weighted by molar-refractivity contribution is 0.0748. The number of amides is 1. The van der Waals surface area contributed by atoms with Gasteiger partial charge >= 0.3 is 0 Å². The number of halogens is 1. The number of benzene rings is 2. The molecule has 0 bridgehead atoms. The molecule has 1 N–H and O–H groups in total. The zero-order valence-corrected chi connectivity index (χ0v) is 17.8. The SMILES string of the molecule is Cc1cccc(N2CCN(C(=O)c3cc(Cl)ccc3NS(C)(=O)=O)CC2)c1C. The summed E-state index contributed by atoms with van der Waals surface area (Å²) in [5.41, 5.74) is 4.18. The van der Waals surface area contributed by atoms with Gasteiger partial charge in [0.1, 0.15) is 0 Å². The number of aryl methyl sites for hydroxylation is 1. The van der Waals surface area contributed by atoms with Crippen LogP contribution in [0, 0.1) is 13.8 Å². The summed E-state index contributed by atoms with van der Waals surface area (Å²) in [6, 6.07) is 10.8. The predicted molar refractivity (Wildman–Crippen MR) is 114 cm³/mol. The highest BCUT2D eigenvalue weighted by atomic mass is 35.5. The van der Waals surface area contributed by atoms with Crippen LogP contribution in [0.4, 0.5) is 11.4 Å². The van der Waals surface area contributed by atoms with E-state index in [0.717, 1.165) is 6.26 Å². The van der Waals surface area contributed by atoms with Crippen LogP contribution in [0.25, 0.3) is 0 Å². The van der Waals surface area contributed by atoms with Gasteiger partial charge in [0.2, 0.25) is 10.0 Å². The van der Waals surface area contributed by atoms with Crippen molar-refractivity contribution in [2.75, 3.05) is 42.1 Å². The van der Waals surface area contributed by atoms with E-state index in [2.05, 4.69) is 35.6 Å². The van der Waals surface area contributed by atoms with Gasteiger partial charge in [-0.1, -0.05) is 23.7 Å². The molecule has 2 aromatic carbocycles. The van der Waals surface area contributed by atoms with Crippen LogP contribution in [-0.4, -0.2) is 51.7 Å². The maximum atomic E-state index is 13.0. The van der Waals surface area contributed by atoms with Crippen molar-refractivity contribution in [2.45, 2.75) is 13.8 Å². The third-order valence-electron chi connectivity index (χ3n) is 4.99. The van der Waals surface area contributed by atoms with E-state index in [9.17, 15) is 13.2 Å². The van der Waals surface area contributed by atoms with Crippen LogP contribution in [0.3, 0.4) is 0 Å². The Balaban J connectivity index is 1.77. The normalized spacial score (nSPS) is 14.9. The summed E-state index contributed by atoms with van der Waals surface area (Å²) < 4.78 is 25.6. The first-order chi connectivity index (χ1) is 13.2. The van der Waals surface area contributed by atoms with Crippen molar-refractivity contribution >= 4 is 38.9 Å². The van der Waals surface area contributed by atoms with E-state index in [1.54, 1.807) is 11.0 Å². The number of carbonyl (C=O) groups is 1. The Morgan fingerprint density at radius 3 is 2.39 bits per heavy atom. The van der Waals surface area contributed by atoms with Crippen LogP contribution in [0.15, 0.2) is 36.4 Å². The monoisotopic (exact) mass is 421 g/mol. The minimum atomic E-state index is -3.50. The molecule has 0 spiro atoms. The van der Waals surface area contributed by atoms with Gasteiger partial charge in [0, 0.05) is 36.9 Å². The molecule has 0 radical (unpaired) electrons. The average molecular weight is 422 g/mol. The predicted octanol–water partition coefficient (Wildman–Crippen LogP) is 3.29. The Labute approximate surface area is 171 Å². The molecule has 1 fully saturated rings. The van der Waals surface area contributed by atoms with E-state index in [0.29, 0.717) is 31.2 Å². The molecule has 0 saturated carbocycles. The maximum Gasteiger partial charge on any atom is 0.256 e. The standard InChI is InChI=1S/C20H24ClN3O3S/c1-14-5-4-6-19(15(14)2)23-9-11-24(12-10-23)20(25)17-13-16(21)7-8-18(17)22-28(3,26)27/h4-8,13,22H,9-12H2,1-3H3. The minimum Gasteiger partial charge on any atom is -0.368 e. The maximum absolute atomic E-state index is 13.0. The highest BCUT2D eigenvalue weighted by Gasteiger charge is 2.25. The Bertz CT molecular complexity index is 1000. The van der Waals surface area contributed by atoms with E-state index >= 15 is 0 Å². The largest absolute Gasteiger partial charge is 0.368 e. The first kappa shape index (κ1) is 20.5. The van der Waals surface area contributed by atoms with Crippen molar-refractivity contribution in [3.8, 4) is 0 Å². The summed E-state index contributed by atoms with van der Waals surface area (Å²) in [5, 5.41) is 0.386. The van der Waals surface area contributed by atoms with Crippen LogP contribution in [-0.2, 0) is 10.0 Å². The molecule has 1 aliphatic rings. The Morgan fingerprint density at radius 2 is 1.75 bits per heavy atom. The molecule has 3 rings (SSSR count). The molecule has 28 heavy (non-hydrogen) atoms. The number of rotatable bonds is 4. The molecule has 6 nitrogen and oxygen atoms in total. The van der Waals surface area contributed by atoms with Crippen LogP contribution in [0.1, 0.15) is 21.5 Å². The molecule has 150 valence electrons. The smallest absolute Gasteiger partial charge is 0.256 e. The van der Waals surface area contributed by atoms with E-state index in [1.807, 2.05) is 6.07 Å². The topological polar surface area (TPSA) is 69.7 Å². The quantitative estimate of drug-likeness (QED) is 0.822.